The van der Waals surface area contributed by atoms with Gasteiger partial charge in [-0.25, -0.2) is 4.39 Å². The molecule has 0 aliphatic carbocycles. The molecule has 0 bridgehead atoms. The van der Waals surface area contributed by atoms with E-state index in [-0.39, 0.29) is 5.75 Å². The van der Waals surface area contributed by atoms with Gasteiger partial charge in [0.15, 0.2) is 23.1 Å². The van der Waals surface area contributed by atoms with Crippen LogP contribution in [0.2, 0.25) is 0 Å². The van der Waals surface area contributed by atoms with Crippen LogP contribution in [0.1, 0.15) is 0 Å². The van der Waals surface area contributed by atoms with Crippen LogP contribution in [0.5, 0.6) is 5.75 Å². The molecule has 4 nitrogen and oxygen atoms in total. The summed E-state index contributed by atoms with van der Waals surface area (Å²) in [5, 5.41) is 3.82. The summed E-state index contributed by atoms with van der Waals surface area (Å²) in [7, 11) is 1.41. The zero-order chi connectivity index (χ0) is 14.8. The molecular weight excluding hydrogens is 271 g/mol. The average Bonchev–Trinajstić information content (AvgIpc) is 2.90. The highest BCUT2D eigenvalue weighted by atomic mass is 19.1. The lowest BCUT2D eigenvalue weighted by molar-refractivity contribution is 0.386. The van der Waals surface area contributed by atoms with Crippen LogP contribution in [0, 0.1) is 5.82 Å². The normalized spacial score (nSPS) is 10.6. The van der Waals surface area contributed by atoms with E-state index in [0.29, 0.717) is 22.7 Å². The molecule has 21 heavy (non-hydrogen) atoms. The second-order valence-electron chi connectivity index (χ2n) is 4.49. The van der Waals surface area contributed by atoms with Gasteiger partial charge in [0.05, 0.1) is 12.7 Å². The summed E-state index contributed by atoms with van der Waals surface area (Å²) in [5.74, 6) is 0.480. The van der Waals surface area contributed by atoms with E-state index in [4.69, 9.17) is 15.0 Å². The van der Waals surface area contributed by atoms with Crippen LogP contribution in [0.15, 0.2) is 53.1 Å². The molecule has 0 saturated carbocycles. The fourth-order valence-corrected chi connectivity index (χ4v) is 2.18. The maximum Gasteiger partial charge on any atom is 0.177 e. The molecule has 0 spiro atoms. The molecule has 3 aromatic rings. The molecule has 106 valence electrons. The maximum atomic E-state index is 13.5. The molecule has 0 aliphatic rings. The first kappa shape index (κ1) is 13.2. The molecule has 3 rings (SSSR count). The monoisotopic (exact) mass is 284 g/mol. The van der Waals surface area contributed by atoms with Gasteiger partial charge in [0.25, 0.3) is 0 Å². The number of halogens is 1. The highest BCUT2D eigenvalue weighted by molar-refractivity contribution is 5.86. The van der Waals surface area contributed by atoms with E-state index in [0.717, 1.165) is 5.56 Å². The first-order valence-corrected chi connectivity index (χ1v) is 6.35. The van der Waals surface area contributed by atoms with Gasteiger partial charge in [-0.3, -0.25) is 0 Å². The summed E-state index contributed by atoms with van der Waals surface area (Å²) in [4.78, 5) is 0. The number of rotatable bonds is 3. The van der Waals surface area contributed by atoms with Crippen molar-refractivity contribution in [3.63, 3.8) is 0 Å². The SMILES string of the molecule is COc1cc(-c2onc(N)c2-c2ccccc2)ccc1F. The Kier molecular flexibility index (Phi) is 3.31. The zero-order valence-electron chi connectivity index (χ0n) is 11.3. The molecular formula is C16H13FN2O2. The second-order valence-corrected chi connectivity index (χ2v) is 4.49. The van der Waals surface area contributed by atoms with Crippen molar-refractivity contribution in [1.29, 1.82) is 0 Å². The van der Waals surface area contributed by atoms with Gasteiger partial charge in [-0.1, -0.05) is 35.5 Å². The Labute approximate surface area is 120 Å². The van der Waals surface area contributed by atoms with Crippen LogP contribution in [0.25, 0.3) is 22.5 Å². The molecule has 1 aromatic heterocycles. The Bertz CT molecular complexity index is 769. The van der Waals surface area contributed by atoms with E-state index in [1.165, 1.54) is 13.2 Å². The number of methoxy groups -OCH3 is 1. The van der Waals surface area contributed by atoms with Gasteiger partial charge in [0.2, 0.25) is 0 Å². The highest BCUT2D eigenvalue weighted by Gasteiger charge is 2.18. The summed E-state index contributed by atoms with van der Waals surface area (Å²) >= 11 is 0. The van der Waals surface area contributed by atoms with E-state index in [1.54, 1.807) is 12.1 Å². The third-order valence-electron chi connectivity index (χ3n) is 3.19. The lowest BCUT2D eigenvalue weighted by Gasteiger charge is -2.05. The van der Waals surface area contributed by atoms with E-state index >= 15 is 0 Å². The first-order chi connectivity index (χ1) is 10.2. The summed E-state index contributed by atoms with van der Waals surface area (Å²) in [6.07, 6.45) is 0. The number of nitrogens with two attached hydrogens (primary N) is 1. The van der Waals surface area contributed by atoms with Gasteiger partial charge >= 0.3 is 0 Å². The Morgan fingerprint density at radius 1 is 1.10 bits per heavy atom. The molecule has 0 saturated heterocycles. The Balaban J connectivity index is 2.17. The average molecular weight is 284 g/mol. The smallest absolute Gasteiger partial charge is 0.177 e. The third kappa shape index (κ3) is 2.33. The largest absolute Gasteiger partial charge is 0.494 e. The van der Waals surface area contributed by atoms with Gasteiger partial charge in [0, 0.05) is 5.56 Å². The van der Waals surface area contributed by atoms with Crippen LogP contribution in [0.4, 0.5) is 10.2 Å². The van der Waals surface area contributed by atoms with Crippen LogP contribution < -0.4 is 10.5 Å². The fraction of sp³-hybridized carbons (Fsp3) is 0.0625. The Morgan fingerprint density at radius 2 is 1.86 bits per heavy atom. The minimum Gasteiger partial charge on any atom is -0.494 e. The van der Waals surface area contributed by atoms with E-state index in [1.807, 2.05) is 30.3 Å². The van der Waals surface area contributed by atoms with Crippen molar-refractivity contribution in [2.75, 3.05) is 12.8 Å². The lowest BCUT2D eigenvalue weighted by atomic mass is 10.0. The van der Waals surface area contributed by atoms with E-state index in [9.17, 15) is 4.39 Å². The van der Waals surface area contributed by atoms with E-state index in [2.05, 4.69) is 5.16 Å². The summed E-state index contributed by atoms with van der Waals surface area (Å²) in [5.41, 5.74) is 8.12. The van der Waals surface area contributed by atoms with Crippen LogP contribution in [-0.4, -0.2) is 12.3 Å². The molecule has 5 heteroatoms. The molecule has 1 heterocycles. The van der Waals surface area contributed by atoms with Crippen molar-refractivity contribution < 1.29 is 13.7 Å². The molecule has 0 unspecified atom stereocenters. The Hall–Kier alpha value is -2.82. The highest BCUT2D eigenvalue weighted by Crippen LogP contribution is 2.37. The summed E-state index contributed by atoms with van der Waals surface area (Å²) < 4.78 is 23.8. The summed E-state index contributed by atoms with van der Waals surface area (Å²) in [6, 6.07) is 14.0. The number of anilines is 1. The van der Waals surface area contributed by atoms with Crippen LogP contribution in [-0.2, 0) is 0 Å². The molecule has 0 aliphatic heterocycles. The van der Waals surface area contributed by atoms with Crippen molar-refractivity contribution in [2.45, 2.75) is 0 Å². The van der Waals surface area contributed by atoms with Gasteiger partial charge in [-0.05, 0) is 23.8 Å². The van der Waals surface area contributed by atoms with Gasteiger partial charge in [0.1, 0.15) is 0 Å². The van der Waals surface area contributed by atoms with Crippen molar-refractivity contribution in [1.82, 2.24) is 5.16 Å². The molecule has 0 atom stereocenters. The van der Waals surface area contributed by atoms with Crippen molar-refractivity contribution in [3.05, 3.63) is 54.3 Å². The van der Waals surface area contributed by atoms with Crippen LogP contribution >= 0.6 is 0 Å². The van der Waals surface area contributed by atoms with Gasteiger partial charge < -0.3 is 15.0 Å². The molecule has 0 amide bonds. The van der Waals surface area contributed by atoms with Crippen molar-refractivity contribution in [2.24, 2.45) is 0 Å². The first-order valence-electron chi connectivity index (χ1n) is 6.35. The number of aromatic nitrogens is 1. The summed E-state index contributed by atoms with van der Waals surface area (Å²) in [6.45, 7) is 0. The molecule has 2 N–H and O–H groups in total. The lowest BCUT2D eigenvalue weighted by Crippen LogP contribution is -1.90. The number of nitrogens with zero attached hydrogens (tertiary/aromatic N) is 1. The minimum atomic E-state index is -0.435. The zero-order valence-corrected chi connectivity index (χ0v) is 11.3. The molecule has 0 fully saturated rings. The van der Waals surface area contributed by atoms with Gasteiger partial charge in [-0.15, -0.1) is 0 Å². The number of nitrogen functional groups attached to an aromatic ring is 1. The topological polar surface area (TPSA) is 61.3 Å². The standard InChI is InChI=1S/C16H13FN2O2/c1-20-13-9-11(7-8-12(13)17)15-14(16(18)19-21-15)10-5-3-2-4-6-10/h2-9H,1H3,(H2,18,19). The van der Waals surface area contributed by atoms with E-state index < -0.39 is 5.82 Å². The predicted octanol–water partition coefficient (Wildman–Crippen LogP) is 3.74. The number of hydrogen-bond donors (Lipinski definition) is 1. The van der Waals surface area contributed by atoms with Crippen molar-refractivity contribution in [3.8, 4) is 28.2 Å². The Morgan fingerprint density at radius 3 is 2.57 bits per heavy atom. The molecule has 2 aromatic carbocycles. The number of hydrogen-bond acceptors (Lipinski definition) is 4. The maximum absolute atomic E-state index is 13.5. The van der Waals surface area contributed by atoms with Gasteiger partial charge in [-0.2, -0.15) is 0 Å². The predicted molar refractivity (Wildman–Crippen MR) is 78.3 cm³/mol. The third-order valence-corrected chi connectivity index (χ3v) is 3.19. The quantitative estimate of drug-likeness (QED) is 0.796. The molecule has 0 radical (unpaired) electrons. The number of benzene rings is 2. The van der Waals surface area contributed by atoms with Crippen molar-refractivity contribution >= 4 is 5.82 Å². The van der Waals surface area contributed by atoms with Crippen LogP contribution in [0.3, 0.4) is 0 Å². The number of ether oxygens (including phenoxy) is 1. The second kappa shape index (κ2) is 5.28. The minimum absolute atomic E-state index is 0.140. The fourth-order valence-electron chi connectivity index (χ4n) is 2.18.